The van der Waals surface area contributed by atoms with Gasteiger partial charge in [0.25, 0.3) is 0 Å². The fraction of sp³-hybridized carbons (Fsp3) is 0.467. The van der Waals surface area contributed by atoms with Gasteiger partial charge in [0.1, 0.15) is 11.9 Å². The van der Waals surface area contributed by atoms with Crippen LogP contribution >= 0.6 is 0 Å². The van der Waals surface area contributed by atoms with Gasteiger partial charge < -0.3 is 15.5 Å². The molecule has 0 radical (unpaired) electrons. The molecule has 7 heteroatoms. The third-order valence-electron chi connectivity index (χ3n) is 3.98. The first-order valence-corrected chi connectivity index (χ1v) is 7.49. The zero-order valence-electron chi connectivity index (χ0n) is 12.2. The van der Waals surface area contributed by atoms with E-state index in [-0.39, 0.29) is 17.6 Å². The molecule has 0 aromatic heterocycles. The minimum atomic E-state index is -0.459. The summed E-state index contributed by atoms with van der Waals surface area (Å²) in [4.78, 5) is 24.9. The van der Waals surface area contributed by atoms with Gasteiger partial charge in [-0.2, -0.15) is 0 Å². The van der Waals surface area contributed by atoms with Crippen LogP contribution in [0.4, 0.5) is 15.8 Å². The summed E-state index contributed by atoms with van der Waals surface area (Å²) in [7, 11) is 0. The van der Waals surface area contributed by atoms with Crippen molar-refractivity contribution >= 4 is 23.2 Å². The van der Waals surface area contributed by atoms with Gasteiger partial charge in [0.15, 0.2) is 0 Å². The summed E-state index contributed by atoms with van der Waals surface area (Å²) in [5, 5.41) is 8.62. The number of anilines is 2. The number of amides is 2. The van der Waals surface area contributed by atoms with E-state index in [0.29, 0.717) is 24.2 Å². The van der Waals surface area contributed by atoms with Crippen LogP contribution in [0.2, 0.25) is 0 Å². The van der Waals surface area contributed by atoms with E-state index in [2.05, 4.69) is 16.0 Å². The van der Waals surface area contributed by atoms with Crippen LogP contribution in [0, 0.1) is 5.82 Å². The second-order valence-corrected chi connectivity index (χ2v) is 5.55. The molecule has 1 unspecified atom stereocenters. The smallest absolute Gasteiger partial charge is 0.249 e. The molecule has 2 aliphatic heterocycles. The lowest BCUT2D eigenvalue weighted by Gasteiger charge is -2.30. The number of imide groups is 1. The average Bonchev–Trinajstić information content (AvgIpc) is 2.52. The molecule has 2 saturated heterocycles. The lowest BCUT2D eigenvalue weighted by Crippen LogP contribution is -2.47. The normalized spacial score (nSPS) is 22.4. The molecule has 22 heavy (non-hydrogen) atoms. The summed E-state index contributed by atoms with van der Waals surface area (Å²) in [6.07, 6.45) is 0.764. The van der Waals surface area contributed by atoms with Crippen molar-refractivity contribution in [2.45, 2.75) is 18.9 Å². The number of hydrogen-bond donors (Lipinski definition) is 3. The molecule has 2 amide bonds. The van der Waals surface area contributed by atoms with Gasteiger partial charge in [0.2, 0.25) is 11.8 Å². The van der Waals surface area contributed by atoms with Gasteiger partial charge in [-0.1, -0.05) is 0 Å². The average molecular weight is 306 g/mol. The lowest BCUT2D eigenvalue weighted by atomic mass is 10.1. The van der Waals surface area contributed by atoms with Crippen LogP contribution in [0.5, 0.6) is 0 Å². The molecule has 0 saturated carbocycles. The van der Waals surface area contributed by atoms with E-state index in [9.17, 15) is 14.0 Å². The standard InChI is InChI=1S/C15H19FN4O2/c16-11-2-1-10(9-13(11)20-7-5-17-6-8-20)18-12-3-4-14(21)19-15(12)22/h1-2,9,12,17-18H,3-8H2,(H,19,21,22). The van der Waals surface area contributed by atoms with E-state index in [1.807, 2.05) is 4.90 Å². The summed E-state index contributed by atoms with van der Waals surface area (Å²) < 4.78 is 14.0. The highest BCUT2D eigenvalue weighted by atomic mass is 19.1. The maximum absolute atomic E-state index is 14.0. The molecule has 1 aromatic rings. The molecule has 2 heterocycles. The zero-order valence-corrected chi connectivity index (χ0v) is 12.2. The maximum atomic E-state index is 14.0. The van der Waals surface area contributed by atoms with Crippen molar-refractivity contribution in [2.24, 2.45) is 0 Å². The van der Waals surface area contributed by atoms with Crippen LogP contribution in [0.3, 0.4) is 0 Å². The Hall–Kier alpha value is -2.15. The second-order valence-electron chi connectivity index (χ2n) is 5.55. The molecule has 1 atom stereocenters. The third kappa shape index (κ3) is 3.19. The van der Waals surface area contributed by atoms with Crippen molar-refractivity contribution in [2.75, 3.05) is 36.4 Å². The molecule has 3 N–H and O–H groups in total. The number of nitrogens with zero attached hydrogens (tertiary/aromatic N) is 1. The summed E-state index contributed by atoms with van der Waals surface area (Å²) in [5.74, 6) is -0.844. The number of carbonyl (C=O) groups excluding carboxylic acids is 2. The SMILES string of the molecule is O=C1CCC(Nc2ccc(F)c(N3CCNCC3)c2)C(=O)N1. The quantitative estimate of drug-likeness (QED) is 0.707. The van der Waals surface area contributed by atoms with Crippen molar-refractivity contribution in [1.82, 2.24) is 10.6 Å². The number of carbonyl (C=O) groups is 2. The number of halogens is 1. The fourth-order valence-corrected chi connectivity index (χ4v) is 2.78. The van der Waals surface area contributed by atoms with E-state index in [4.69, 9.17) is 0 Å². The van der Waals surface area contributed by atoms with Crippen molar-refractivity contribution in [3.8, 4) is 0 Å². The minimum absolute atomic E-state index is 0.247. The van der Waals surface area contributed by atoms with Crippen molar-refractivity contribution in [1.29, 1.82) is 0 Å². The zero-order chi connectivity index (χ0) is 15.5. The number of hydrogen-bond acceptors (Lipinski definition) is 5. The van der Waals surface area contributed by atoms with Crippen LogP contribution < -0.4 is 20.9 Å². The highest BCUT2D eigenvalue weighted by Crippen LogP contribution is 2.25. The van der Waals surface area contributed by atoms with Crippen LogP contribution in [-0.4, -0.2) is 44.0 Å². The van der Waals surface area contributed by atoms with E-state index in [0.717, 1.165) is 26.2 Å². The monoisotopic (exact) mass is 306 g/mol. The maximum Gasteiger partial charge on any atom is 0.249 e. The third-order valence-corrected chi connectivity index (χ3v) is 3.98. The largest absolute Gasteiger partial charge is 0.374 e. The molecule has 0 spiro atoms. The Morgan fingerprint density at radius 2 is 2.00 bits per heavy atom. The molecule has 0 aliphatic carbocycles. The summed E-state index contributed by atoms with van der Waals surface area (Å²) >= 11 is 0. The van der Waals surface area contributed by atoms with E-state index >= 15 is 0 Å². The highest BCUT2D eigenvalue weighted by molar-refractivity contribution is 6.01. The number of rotatable bonds is 3. The van der Waals surface area contributed by atoms with Crippen LogP contribution in [-0.2, 0) is 9.59 Å². The molecule has 6 nitrogen and oxygen atoms in total. The van der Waals surface area contributed by atoms with Crippen molar-refractivity contribution < 1.29 is 14.0 Å². The Kier molecular flexibility index (Phi) is 4.24. The second kappa shape index (κ2) is 6.31. The highest BCUT2D eigenvalue weighted by Gasteiger charge is 2.26. The molecule has 1 aromatic carbocycles. The molecule has 3 rings (SSSR count). The van der Waals surface area contributed by atoms with Gasteiger partial charge in [0, 0.05) is 38.3 Å². The van der Waals surface area contributed by atoms with Gasteiger partial charge in [-0.05, 0) is 24.6 Å². The first-order valence-electron chi connectivity index (χ1n) is 7.49. The first kappa shape index (κ1) is 14.8. The Morgan fingerprint density at radius 1 is 1.23 bits per heavy atom. The van der Waals surface area contributed by atoms with Crippen LogP contribution in [0.25, 0.3) is 0 Å². The molecule has 118 valence electrons. The Balaban J connectivity index is 1.74. The Morgan fingerprint density at radius 3 is 2.73 bits per heavy atom. The van der Waals surface area contributed by atoms with Gasteiger partial charge in [0.05, 0.1) is 5.69 Å². The summed E-state index contributed by atoms with van der Waals surface area (Å²) in [6, 6.07) is 4.29. The first-order chi connectivity index (χ1) is 10.6. The minimum Gasteiger partial charge on any atom is -0.374 e. The van der Waals surface area contributed by atoms with Gasteiger partial charge in [-0.3, -0.25) is 14.9 Å². The van der Waals surface area contributed by atoms with Gasteiger partial charge >= 0.3 is 0 Å². The van der Waals surface area contributed by atoms with E-state index in [1.54, 1.807) is 12.1 Å². The van der Waals surface area contributed by atoms with Crippen molar-refractivity contribution in [3.05, 3.63) is 24.0 Å². The van der Waals surface area contributed by atoms with Gasteiger partial charge in [-0.15, -0.1) is 0 Å². The van der Waals surface area contributed by atoms with E-state index in [1.165, 1.54) is 6.07 Å². The predicted octanol–water partition coefficient (Wildman–Crippen LogP) is 0.452. The molecule has 0 bridgehead atoms. The number of benzene rings is 1. The fourth-order valence-electron chi connectivity index (χ4n) is 2.78. The molecular formula is C15H19FN4O2. The Bertz CT molecular complexity index is 587. The van der Waals surface area contributed by atoms with E-state index < -0.39 is 6.04 Å². The number of piperidine rings is 1. The predicted molar refractivity (Wildman–Crippen MR) is 81.3 cm³/mol. The number of nitrogens with one attached hydrogen (secondary N) is 3. The molecule has 2 aliphatic rings. The summed E-state index contributed by atoms with van der Waals surface area (Å²) in [5.41, 5.74) is 1.23. The van der Waals surface area contributed by atoms with Gasteiger partial charge in [-0.25, -0.2) is 4.39 Å². The Labute approximate surface area is 128 Å². The number of piperazine rings is 1. The topological polar surface area (TPSA) is 73.5 Å². The molecule has 2 fully saturated rings. The van der Waals surface area contributed by atoms with Crippen LogP contribution in [0.1, 0.15) is 12.8 Å². The lowest BCUT2D eigenvalue weighted by molar-refractivity contribution is -0.133. The van der Waals surface area contributed by atoms with Crippen LogP contribution in [0.15, 0.2) is 18.2 Å². The van der Waals surface area contributed by atoms with Crippen molar-refractivity contribution in [3.63, 3.8) is 0 Å². The molecular weight excluding hydrogens is 287 g/mol. The summed E-state index contributed by atoms with van der Waals surface area (Å²) in [6.45, 7) is 3.14.